The van der Waals surface area contributed by atoms with Gasteiger partial charge >= 0.3 is 12.3 Å². The first-order chi connectivity index (χ1) is 20.5. The summed E-state index contributed by atoms with van der Waals surface area (Å²) in [5, 5.41) is 13.4. The Hall–Kier alpha value is -2.52. The lowest BCUT2D eigenvalue weighted by Crippen LogP contribution is -2.60. The van der Waals surface area contributed by atoms with E-state index in [1.807, 2.05) is 0 Å². The predicted molar refractivity (Wildman–Crippen MR) is 152 cm³/mol. The average molecular weight is 656 g/mol. The summed E-state index contributed by atoms with van der Waals surface area (Å²) in [4.78, 5) is 27.6. The van der Waals surface area contributed by atoms with Gasteiger partial charge in [0.05, 0.1) is 30.6 Å². The molecule has 4 N–H and O–H groups in total. The predicted octanol–water partition coefficient (Wildman–Crippen LogP) is 3.86. The number of alkyl halides is 3. The molecule has 5 atom stereocenters. The second kappa shape index (κ2) is 14.7. The average Bonchev–Trinajstić information content (AvgIpc) is 3.74. The highest BCUT2D eigenvalue weighted by atomic mass is 32.2. The summed E-state index contributed by atoms with van der Waals surface area (Å²) in [6, 6.07) is -0.0547. The zero-order valence-corrected chi connectivity index (χ0v) is 25.7. The summed E-state index contributed by atoms with van der Waals surface area (Å²) >= 11 is 0. The van der Waals surface area contributed by atoms with Crippen molar-refractivity contribution in [3.8, 4) is 0 Å². The first kappa shape index (κ1) is 36.0. The van der Waals surface area contributed by atoms with Gasteiger partial charge in [-0.05, 0) is 68.6 Å². The number of methoxy groups -OCH3 is 1. The van der Waals surface area contributed by atoms with Gasteiger partial charge in [0.1, 0.15) is 17.7 Å². The molecule has 15 heteroatoms. The highest BCUT2D eigenvalue weighted by Crippen LogP contribution is 2.55. The number of carbonyl (C=O) groups excluding carboxylic acids is 2. The highest BCUT2D eigenvalue weighted by molar-refractivity contribution is 7.91. The quantitative estimate of drug-likeness (QED) is 0.259. The molecule has 3 rings (SSSR count). The molecule has 2 aliphatic rings. The Morgan fingerprint density at radius 1 is 1.18 bits per heavy atom. The maximum atomic E-state index is 14.2. The maximum absolute atomic E-state index is 14.2. The number of hydrogen-bond donors (Lipinski definition) is 3. The van der Waals surface area contributed by atoms with Gasteiger partial charge in [-0.15, -0.1) is 0 Å². The summed E-state index contributed by atoms with van der Waals surface area (Å²) in [5.74, 6) is -5.83. The van der Waals surface area contributed by atoms with E-state index in [4.69, 9.17) is 5.73 Å². The van der Waals surface area contributed by atoms with Crippen LogP contribution in [0.1, 0.15) is 63.9 Å². The topological polar surface area (TPSA) is 139 Å². The molecular weight excluding hydrogens is 613 g/mol. The van der Waals surface area contributed by atoms with Crippen LogP contribution in [0.4, 0.5) is 26.7 Å². The fraction of sp³-hybridized carbons (Fsp3) is 0.724. The van der Waals surface area contributed by atoms with Crippen molar-refractivity contribution < 1.29 is 49.8 Å². The van der Waals surface area contributed by atoms with Crippen LogP contribution >= 0.6 is 0 Å². The lowest BCUT2D eigenvalue weighted by Gasteiger charge is -2.44. The monoisotopic (exact) mass is 655 g/mol. The fourth-order valence-electron chi connectivity index (χ4n) is 6.22. The molecule has 2 saturated carbocycles. The van der Waals surface area contributed by atoms with Gasteiger partial charge in [0.15, 0.2) is 9.84 Å². The second-order valence-electron chi connectivity index (χ2n) is 12.0. The minimum atomic E-state index is -4.44. The Morgan fingerprint density at radius 2 is 1.82 bits per heavy atom. The van der Waals surface area contributed by atoms with Crippen LogP contribution < -0.4 is 11.1 Å². The molecule has 0 aliphatic heterocycles. The van der Waals surface area contributed by atoms with E-state index in [0.717, 1.165) is 19.2 Å². The van der Waals surface area contributed by atoms with Crippen molar-refractivity contribution in [2.45, 2.75) is 94.6 Å². The number of unbranched alkanes of at least 4 members (excludes halogenated alkanes) is 1. The number of amides is 2. The molecule has 9 nitrogen and oxygen atoms in total. The Morgan fingerprint density at radius 3 is 2.36 bits per heavy atom. The number of aliphatic hydroxyl groups excluding tert-OH is 1. The van der Waals surface area contributed by atoms with Crippen molar-refractivity contribution in [1.82, 2.24) is 10.2 Å². The third-order valence-corrected chi connectivity index (χ3v) is 10.5. The minimum absolute atomic E-state index is 0.0517. The number of carbonyl (C=O) groups is 2. The van der Waals surface area contributed by atoms with E-state index in [9.17, 15) is 45.1 Å². The number of nitrogens with zero attached hydrogens (tertiary/aromatic N) is 1. The summed E-state index contributed by atoms with van der Waals surface area (Å²) in [7, 11) is -2.84. The van der Waals surface area contributed by atoms with E-state index in [1.165, 1.54) is 4.90 Å². The third-order valence-electron chi connectivity index (χ3n) is 8.73. The van der Waals surface area contributed by atoms with Crippen LogP contribution in [0.3, 0.4) is 0 Å². The zero-order chi connectivity index (χ0) is 32.9. The van der Waals surface area contributed by atoms with Crippen LogP contribution in [0.15, 0.2) is 18.2 Å². The number of halogens is 5. The molecule has 0 aromatic heterocycles. The van der Waals surface area contributed by atoms with Crippen molar-refractivity contribution in [3.63, 3.8) is 0 Å². The van der Waals surface area contributed by atoms with Gasteiger partial charge in [-0.3, -0.25) is 4.79 Å². The van der Waals surface area contributed by atoms with E-state index < -0.39 is 87.5 Å². The van der Waals surface area contributed by atoms with E-state index in [2.05, 4.69) is 10.1 Å². The molecule has 2 aliphatic carbocycles. The SMILES string of the molecule is CCCCS(=O)(=O)C[C@@H](NC(=O)OC)C(=O)N(C[C@@H](O)[C@@H](N)Cc1cc(F)cc(F)c1)C1([C@@H]2CCCC(C(F)(F)F)C2)CC1. The number of sulfone groups is 1. The normalized spacial score (nSPS) is 22.0. The summed E-state index contributed by atoms with van der Waals surface area (Å²) in [6.07, 6.45) is -5.41. The summed E-state index contributed by atoms with van der Waals surface area (Å²) in [6.45, 7) is 1.28. The molecule has 0 radical (unpaired) electrons. The Bertz CT molecular complexity index is 1240. The van der Waals surface area contributed by atoms with Crippen LogP contribution in [0.2, 0.25) is 0 Å². The Kier molecular flexibility index (Phi) is 12.0. The van der Waals surface area contributed by atoms with Gasteiger partial charge in [-0.25, -0.2) is 22.0 Å². The molecule has 1 unspecified atom stereocenters. The number of alkyl carbamates (subject to hydrolysis) is 1. The highest BCUT2D eigenvalue weighted by Gasteiger charge is 2.59. The number of hydrogen-bond acceptors (Lipinski definition) is 7. The molecule has 2 amide bonds. The van der Waals surface area contributed by atoms with Gasteiger partial charge in [0, 0.05) is 24.2 Å². The molecule has 0 heterocycles. The lowest BCUT2D eigenvalue weighted by atomic mass is 9.75. The van der Waals surface area contributed by atoms with Crippen LogP contribution in [-0.2, 0) is 25.8 Å². The van der Waals surface area contributed by atoms with Crippen LogP contribution in [0, 0.1) is 23.5 Å². The molecular formula is C29H42F5N3O6S. The van der Waals surface area contributed by atoms with Crippen LogP contribution in [0.25, 0.3) is 0 Å². The third kappa shape index (κ3) is 9.49. The zero-order valence-electron chi connectivity index (χ0n) is 24.9. The molecule has 1 aromatic carbocycles. The molecule has 0 spiro atoms. The van der Waals surface area contributed by atoms with Crippen molar-refractivity contribution in [2.24, 2.45) is 17.6 Å². The van der Waals surface area contributed by atoms with Crippen LogP contribution in [-0.4, -0.2) is 85.5 Å². The standard InChI is InChI=1S/C29H42F5N3O6S/c1-3-4-10-44(41,42)17-24(36-27(40)43-2)26(39)37(16-25(38)23(35)13-18-11-21(30)15-22(31)12-18)28(8-9-28)19-6-5-7-20(14-19)29(32,33)34/h11-12,15,19-20,23-25,38H,3-10,13-14,16-17,35H2,1-2H3,(H,36,40)/t19-,20?,23+,24-,25-/m1/s1. The molecule has 0 saturated heterocycles. The molecule has 0 bridgehead atoms. The van der Waals surface area contributed by atoms with Crippen molar-refractivity contribution in [1.29, 1.82) is 0 Å². The number of aliphatic hydroxyl groups is 1. The maximum Gasteiger partial charge on any atom is 0.407 e. The number of nitrogens with one attached hydrogen (secondary N) is 1. The summed E-state index contributed by atoms with van der Waals surface area (Å²) in [5.41, 5.74) is 5.20. The van der Waals surface area contributed by atoms with E-state index in [-0.39, 0.29) is 37.0 Å². The Labute approximate surface area is 254 Å². The van der Waals surface area contributed by atoms with Crippen LogP contribution in [0.5, 0.6) is 0 Å². The first-order valence-corrected chi connectivity index (χ1v) is 16.6. The van der Waals surface area contributed by atoms with Gasteiger partial charge in [0.2, 0.25) is 5.91 Å². The molecule has 44 heavy (non-hydrogen) atoms. The second-order valence-corrected chi connectivity index (χ2v) is 14.3. The van der Waals surface area contributed by atoms with Crippen molar-refractivity contribution in [3.05, 3.63) is 35.4 Å². The van der Waals surface area contributed by atoms with Gasteiger partial charge in [0.25, 0.3) is 0 Å². The number of benzene rings is 1. The molecule has 250 valence electrons. The number of rotatable bonds is 14. The number of nitrogens with two attached hydrogens (primary N) is 1. The van der Waals surface area contributed by atoms with Crippen molar-refractivity contribution in [2.75, 3.05) is 25.2 Å². The fourth-order valence-corrected chi connectivity index (χ4v) is 7.85. The smallest absolute Gasteiger partial charge is 0.407 e. The first-order valence-electron chi connectivity index (χ1n) is 14.8. The lowest BCUT2D eigenvalue weighted by molar-refractivity contribution is -0.188. The molecule has 1 aromatic rings. The largest absolute Gasteiger partial charge is 0.453 e. The van der Waals surface area contributed by atoms with Gasteiger partial charge in [-0.2, -0.15) is 13.2 Å². The van der Waals surface area contributed by atoms with E-state index in [1.54, 1.807) is 6.92 Å². The molecule has 2 fully saturated rings. The van der Waals surface area contributed by atoms with Gasteiger partial charge in [-0.1, -0.05) is 19.8 Å². The Balaban J connectivity index is 1.95. The minimum Gasteiger partial charge on any atom is -0.453 e. The van der Waals surface area contributed by atoms with Crippen molar-refractivity contribution >= 4 is 21.8 Å². The number of β-amino-alcohol motifs (C(OH)–C–C–N with tert-alkyl or cyclic N) is 1. The van der Waals surface area contributed by atoms with E-state index in [0.29, 0.717) is 38.2 Å². The van der Waals surface area contributed by atoms with Gasteiger partial charge < -0.3 is 25.8 Å². The summed E-state index contributed by atoms with van der Waals surface area (Å²) < 4.78 is 99.1. The van der Waals surface area contributed by atoms with E-state index >= 15 is 0 Å². The number of ether oxygens (including phenoxy) is 1.